The van der Waals surface area contributed by atoms with Gasteiger partial charge in [-0.1, -0.05) is 12.1 Å². The van der Waals surface area contributed by atoms with Crippen LogP contribution in [0.15, 0.2) is 43.0 Å². The van der Waals surface area contributed by atoms with Crippen LogP contribution in [-0.4, -0.2) is 39.0 Å². The van der Waals surface area contributed by atoms with Gasteiger partial charge in [-0.05, 0) is 12.1 Å². The molecular weight excluding hydrogens is 258 g/mol. The van der Waals surface area contributed by atoms with E-state index >= 15 is 0 Å². The molecule has 1 aromatic carbocycles. The molecule has 0 aliphatic carbocycles. The van der Waals surface area contributed by atoms with Gasteiger partial charge in [-0.15, -0.1) is 0 Å². The zero-order valence-corrected chi connectivity index (χ0v) is 10.3. The molecule has 1 aliphatic rings. The number of ketones is 1. The molecule has 2 heterocycles. The van der Waals surface area contributed by atoms with Crippen LogP contribution in [0.2, 0.25) is 0 Å². The van der Waals surface area contributed by atoms with Crippen molar-refractivity contribution >= 4 is 17.6 Å². The Morgan fingerprint density at radius 1 is 1.00 bits per heavy atom. The Labute approximate surface area is 114 Å². The molecule has 0 atom stereocenters. The van der Waals surface area contributed by atoms with Crippen molar-refractivity contribution in [2.75, 3.05) is 6.54 Å². The molecule has 20 heavy (non-hydrogen) atoms. The zero-order chi connectivity index (χ0) is 14.1. The lowest BCUT2D eigenvalue weighted by Gasteiger charge is -2.12. The molecule has 2 amide bonds. The number of carbonyl (C=O) groups is 3. The molecule has 0 spiro atoms. The van der Waals surface area contributed by atoms with Crippen molar-refractivity contribution in [1.82, 2.24) is 14.9 Å². The fraction of sp³-hybridized carbons (Fsp3) is 0.0714. The minimum atomic E-state index is -0.448. The predicted molar refractivity (Wildman–Crippen MR) is 68.2 cm³/mol. The first-order valence-corrected chi connectivity index (χ1v) is 5.92. The summed E-state index contributed by atoms with van der Waals surface area (Å²) in [6.07, 6.45) is 4.01. The molecule has 0 saturated heterocycles. The van der Waals surface area contributed by atoms with E-state index in [1.54, 1.807) is 24.3 Å². The van der Waals surface area contributed by atoms with Crippen molar-refractivity contribution in [1.29, 1.82) is 0 Å². The summed E-state index contributed by atoms with van der Waals surface area (Å²) in [5, 5.41) is 0. The Hall–Kier alpha value is -2.89. The lowest BCUT2D eigenvalue weighted by Crippen LogP contribution is -2.34. The Bertz CT molecular complexity index is 678. The van der Waals surface area contributed by atoms with Gasteiger partial charge < -0.3 is 0 Å². The number of rotatable bonds is 3. The Kier molecular flexibility index (Phi) is 2.83. The van der Waals surface area contributed by atoms with E-state index < -0.39 is 11.8 Å². The third kappa shape index (κ3) is 1.87. The molecule has 0 unspecified atom stereocenters. The normalized spacial score (nSPS) is 13.5. The van der Waals surface area contributed by atoms with E-state index in [9.17, 15) is 14.4 Å². The molecule has 6 nitrogen and oxygen atoms in total. The van der Waals surface area contributed by atoms with Gasteiger partial charge in [-0.2, -0.15) is 0 Å². The summed E-state index contributed by atoms with van der Waals surface area (Å²) in [5.74, 6) is -1.27. The van der Waals surface area contributed by atoms with E-state index in [4.69, 9.17) is 0 Å². The van der Waals surface area contributed by atoms with Crippen LogP contribution in [-0.2, 0) is 0 Å². The molecule has 0 bridgehead atoms. The van der Waals surface area contributed by atoms with Crippen LogP contribution in [0, 0.1) is 0 Å². The van der Waals surface area contributed by atoms with Gasteiger partial charge in [0.2, 0.25) is 0 Å². The lowest BCUT2D eigenvalue weighted by atomic mass is 10.1. The summed E-state index contributed by atoms with van der Waals surface area (Å²) in [7, 11) is 0. The topological polar surface area (TPSA) is 80.2 Å². The first kappa shape index (κ1) is 12.2. The highest BCUT2D eigenvalue weighted by Gasteiger charge is 2.36. The standard InChI is InChI=1S/C14H9N3O3/c18-12(9-5-15-8-16-6-9)7-17-13(19)10-3-1-2-4-11(10)14(17)20/h1-6,8H,7H2. The van der Waals surface area contributed by atoms with Crippen molar-refractivity contribution in [3.05, 3.63) is 59.7 Å². The molecule has 0 N–H and O–H groups in total. The van der Waals surface area contributed by atoms with Gasteiger partial charge in [0.25, 0.3) is 11.8 Å². The zero-order valence-electron chi connectivity index (χ0n) is 10.3. The molecule has 0 radical (unpaired) electrons. The molecule has 0 fully saturated rings. The summed E-state index contributed by atoms with van der Waals surface area (Å²) in [4.78, 5) is 44.6. The highest BCUT2D eigenvalue weighted by molar-refractivity contribution is 6.23. The number of fused-ring (bicyclic) bond motifs is 1. The van der Waals surface area contributed by atoms with Gasteiger partial charge in [-0.3, -0.25) is 19.3 Å². The smallest absolute Gasteiger partial charge is 0.261 e. The maximum Gasteiger partial charge on any atom is 0.261 e. The molecule has 6 heteroatoms. The van der Waals surface area contributed by atoms with Crippen LogP contribution in [0.3, 0.4) is 0 Å². The number of amides is 2. The second kappa shape index (κ2) is 4.65. The van der Waals surface area contributed by atoms with Crippen molar-refractivity contribution in [2.24, 2.45) is 0 Å². The number of hydrogen-bond donors (Lipinski definition) is 0. The maximum atomic E-state index is 12.1. The number of hydrogen-bond acceptors (Lipinski definition) is 5. The van der Waals surface area contributed by atoms with Crippen LogP contribution in [0.25, 0.3) is 0 Å². The van der Waals surface area contributed by atoms with Gasteiger partial charge in [-0.25, -0.2) is 9.97 Å². The van der Waals surface area contributed by atoms with E-state index in [1.807, 2.05) is 0 Å². The number of imide groups is 1. The maximum absolute atomic E-state index is 12.1. The van der Waals surface area contributed by atoms with Crippen LogP contribution < -0.4 is 0 Å². The largest absolute Gasteiger partial charge is 0.292 e. The van der Waals surface area contributed by atoms with E-state index in [1.165, 1.54) is 18.7 Å². The van der Waals surface area contributed by atoms with Gasteiger partial charge in [0.05, 0.1) is 23.2 Å². The number of aromatic nitrogens is 2. The monoisotopic (exact) mass is 267 g/mol. The summed E-state index contributed by atoms with van der Waals surface area (Å²) < 4.78 is 0. The average Bonchev–Trinajstić information content (AvgIpc) is 2.74. The second-order valence-corrected chi connectivity index (χ2v) is 4.29. The number of nitrogens with zero attached hydrogens (tertiary/aromatic N) is 3. The van der Waals surface area contributed by atoms with Crippen molar-refractivity contribution in [2.45, 2.75) is 0 Å². The summed E-state index contributed by atoms with van der Waals surface area (Å²) in [6.45, 7) is -0.306. The first-order chi connectivity index (χ1) is 9.68. The van der Waals surface area contributed by atoms with Crippen LogP contribution in [0.1, 0.15) is 31.1 Å². The quantitative estimate of drug-likeness (QED) is 0.611. The van der Waals surface area contributed by atoms with E-state index in [-0.39, 0.29) is 17.9 Å². The van der Waals surface area contributed by atoms with Gasteiger partial charge >= 0.3 is 0 Å². The summed E-state index contributed by atoms with van der Waals surface area (Å²) in [6, 6.07) is 6.51. The fourth-order valence-corrected chi connectivity index (χ4v) is 2.06. The average molecular weight is 267 g/mol. The minimum absolute atomic E-state index is 0.268. The number of benzene rings is 1. The van der Waals surface area contributed by atoms with E-state index in [0.29, 0.717) is 11.1 Å². The fourth-order valence-electron chi connectivity index (χ4n) is 2.06. The molecule has 2 aromatic rings. The van der Waals surface area contributed by atoms with Crippen molar-refractivity contribution in [3.63, 3.8) is 0 Å². The SMILES string of the molecule is O=C(CN1C(=O)c2ccccc2C1=O)c1cncnc1. The van der Waals surface area contributed by atoms with Gasteiger partial charge in [0.1, 0.15) is 6.33 Å². The molecule has 3 rings (SSSR count). The van der Waals surface area contributed by atoms with E-state index in [0.717, 1.165) is 4.90 Å². The van der Waals surface area contributed by atoms with Crippen LogP contribution >= 0.6 is 0 Å². The Morgan fingerprint density at radius 2 is 1.55 bits per heavy atom. The van der Waals surface area contributed by atoms with Gasteiger partial charge in [0.15, 0.2) is 5.78 Å². The molecular formula is C14H9N3O3. The molecule has 0 saturated carbocycles. The predicted octanol–water partition coefficient (Wildman–Crippen LogP) is 0.956. The first-order valence-electron chi connectivity index (χ1n) is 5.92. The summed E-state index contributed by atoms with van der Waals surface area (Å²) in [5.41, 5.74) is 0.924. The third-order valence-corrected chi connectivity index (χ3v) is 3.06. The van der Waals surface area contributed by atoms with Crippen molar-refractivity contribution < 1.29 is 14.4 Å². The Balaban J connectivity index is 1.86. The minimum Gasteiger partial charge on any atom is -0.292 e. The number of Topliss-reactive ketones (excluding diaryl/α,β-unsaturated/α-hetero) is 1. The molecule has 1 aromatic heterocycles. The number of carbonyl (C=O) groups excluding carboxylic acids is 3. The van der Waals surface area contributed by atoms with Gasteiger partial charge in [0, 0.05) is 12.4 Å². The van der Waals surface area contributed by atoms with Crippen molar-refractivity contribution in [3.8, 4) is 0 Å². The third-order valence-electron chi connectivity index (χ3n) is 3.06. The molecule has 98 valence electrons. The lowest BCUT2D eigenvalue weighted by molar-refractivity contribution is 0.0624. The van der Waals surface area contributed by atoms with E-state index in [2.05, 4.69) is 9.97 Å². The summed E-state index contributed by atoms with van der Waals surface area (Å²) >= 11 is 0. The second-order valence-electron chi connectivity index (χ2n) is 4.29. The highest BCUT2D eigenvalue weighted by atomic mass is 16.2. The Morgan fingerprint density at radius 3 is 2.10 bits per heavy atom. The van der Waals surface area contributed by atoms with Crippen LogP contribution in [0.4, 0.5) is 0 Å². The van der Waals surface area contributed by atoms with Crippen LogP contribution in [0.5, 0.6) is 0 Å². The highest BCUT2D eigenvalue weighted by Crippen LogP contribution is 2.22. The molecule has 1 aliphatic heterocycles.